The van der Waals surface area contributed by atoms with Gasteiger partial charge in [0, 0.05) is 20.1 Å². The monoisotopic (exact) mass is 516 g/mol. The van der Waals surface area contributed by atoms with Crippen LogP contribution in [0.25, 0.3) is 0 Å². The highest BCUT2D eigenvalue weighted by atomic mass is 79.9. The number of carbonyl (C=O) groups is 1. The predicted octanol–water partition coefficient (Wildman–Crippen LogP) is 5.56. The summed E-state index contributed by atoms with van der Waals surface area (Å²) in [7, 11) is 1.54. The van der Waals surface area contributed by atoms with Crippen LogP contribution in [-0.4, -0.2) is 19.2 Å². The molecule has 0 saturated carbocycles. The van der Waals surface area contributed by atoms with Crippen molar-refractivity contribution in [3.63, 3.8) is 0 Å². The molecule has 0 aromatic heterocycles. The second-order valence-corrected chi connectivity index (χ2v) is 7.77. The van der Waals surface area contributed by atoms with E-state index in [4.69, 9.17) is 9.47 Å². The minimum atomic E-state index is -0.342. The van der Waals surface area contributed by atoms with Gasteiger partial charge in [0.1, 0.15) is 6.61 Å². The highest BCUT2D eigenvalue weighted by Gasteiger charge is 2.11. The lowest BCUT2D eigenvalue weighted by molar-refractivity contribution is 0.0954. The van der Waals surface area contributed by atoms with Crippen LogP contribution in [0, 0.1) is 0 Å². The molecule has 29 heavy (non-hydrogen) atoms. The van der Waals surface area contributed by atoms with Gasteiger partial charge in [-0.15, -0.1) is 0 Å². The van der Waals surface area contributed by atoms with E-state index in [1.54, 1.807) is 24.4 Å². The molecule has 7 heteroatoms. The van der Waals surface area contributed by atoms with E-state index in [1.807, 2.05) is 48.5 Å². The standard InChI is InChI=1S/C22H18Br2N2O3/c1-28-21-12-16(22(27)26-25-13-17-6-2-3-8-19(17)24)9-10-20(21)29-14-15-5-4-7-18(23)11-15/h2-13H,14H2,1H3,(H,26,27)/b25-13+. The van der Waals surface area contributed by atoms with Crippen molar-refractivity contribution in [2.75, 3.05) is 7.11 Å². The summed E-state index contributed by atoms with van der Waals surface area (Å²) in [5.74, 6) is 0.688. The van der Waals surface area contributed by atoms with E-state index in [2.05, 4.69) is 42.4 Å². The number of nitrogens with zero attached hydrogens (tertiary/aromatic N) is 1. The van der Waals surface area contributed by atoms with Crippen molar-refractivity contribution >= 4 is 44.0 Å². The van der Waals surface area contributed by atoms with Gasteiger partial charge < -0.3 is 9.47 Å². The van der Waals surface area contributed by atoms with Crippen molar-refractivity contribution in [3.05, 3.63) is 92.4 Å². The summed E-state index contributed by atoms with van der Waals surface area (Å²) in [5.41, 5.74) is 4.82. The van der Waals surface area contributed by atoms with Crippen molar-refractivity contribution in [3.8, 4) is 11.5 Å². The first kappa shape index (κ1) is 21.1. The number of carbonyl (C=O) groups excluding carboxylic acids is 1. The SMILES string of the molecule is COc1cc(C(=O)N/N=C/c2ccccc2Br)ccc1OCc1cccc(Br)c1. The third kappa shape index (κ3) is 5.92. The van der Waals surface area contributed by atoms with Gasteiger partial charge in [-0.3, -0.25) is 4.79 Å². The Bertz CT molecular complexity index is 1040. The van der Waals surface area contributed by atoms with Crippen molar-refractivity contribution in [1.29, 1.82) is 0 Å². The number of hydrogen-bond donors (Lipinski definition) is 1. The summed E-state index contributed by atoms with van der Waals surface area (Å²) in [4.78, 5) is 12.4. The lowest BCUT2D eigenvalue weighted by atomic mass is 10.2. The normalized spacial score (nSPS) is 10.7. The Morgan fingerprint density at radius 3 is 2.62 bits per heavy atom. The summed E-state index contributed by atoms with van der Waals surface area (Å²) in [6.45, 7) is 0.386. The number of ether oxygens (including phenoxy) is 2. The minimum Gasteiger partial charge on any atom is -0.493 e. The van der Waals surface area contributed by atoms with Gasteiger partial charge in [-0.25, -0.2) is 5.43 Å². The number of amides is 1. The third-order valence-electron chi connectivity index (χ3n) is 3.98. The molecule has 0 atom stereocenters. The van der Waals surface area contributed by atoms with Gasteiger partial charge >= 0.3 is 0 Å². The zero-order valence-electron chi connectivity index (χ0n) is 15.6. The van der Waals surface area contributed by atoms with E-state index < -0.39 is 0 Å². The average molecular weight is 518 g/mol. The first-order valence-electron chi connectivity index (χ1n) is 8.70. The maximum atomic E-state index is 12.4. The number of nitrogens with one attached hydrogen (secondary N) is 1. The zero-order valence-corrected chi connectivity index (χ0v) is 18.7. The van der Waals surface area contributed by atoms with Gasteiger partial charge in [0.25, 0.3) is 5.91 Å². The van der Waals surface area contributed by atoms with Gasteiger partial charge in [-0.1, -0.05) is 62.2 Å². The largest absolute Gasteiger partial charge is 0.493 e. The molecule has 0 spiro atoms. The molecule has 0 aliphatic heterocycles. The molecule has 3 aromatic rings. The van der Waals surface area contributed by atoms with Gasteiger partial charge in [-0.2, -0.15) is 5.10 Å². The van der Waals surface area contributed by atoms with Gasteiger partial charge in [-0.05, 0) is 42.0 Å². The van der Waals surface area contributed by atoms with E-state index >= 15 is 0 Å². The Morgan fingerprint density at radius 2 is 1.86 bits per heavy atom. The van der Waals surface area contributed by atoms with Crippen molar-refractivity contribution < 1.29 is 14.3 Å². The number of hydrogen-bond acceptors (Lipinski definition) is 4. The van der Waals surface area contributed by atoms with Crippen molar-refractivity contribution in [2.24, 2.45) is 5.10 Å². The fourth-order valence-corrected chi connectivity index (χ4v) is 3.35. The average Bonchev–Trinajstić information content (AvgIpc) is 2.73. The number of hydrazone groups is 1. The summed E-state index contributed by atoms with van der Waals surface area (Å²) in [5, 5.41) is 4.01. The molecule has 1 N–H and O–H groups in total. The van der Waals surface area contributed by atoms with Crippen molar-refractivity contribution in [1.82, 2.24) is 5.43 Å². The Balaban J connectivity index is 1.65. The second-order valence-electron chi connectivity index (χ2n) is 6.00. The summed E-state index contributed by atoms with van der Waals surface area (Å²) < 4.78 is 13.1. The number of halogens is 2. The molecule has 3 aromatic carbocycles. The molecule has 0 saturated heterocycles. The molecule has 0 radical (unpaired) electrons. The first-order chi connectivity index (χ1) is 14.1. The van der Waals surface area contributed by atoms with Gasteiger partial charge in [0.05, 0.1) is 13.3 Å². The van der Waals surface area contributed by atoms with Crippen LogP contribution >= 0.6 is 31.9 Å². The van der Waals surface area contributed by atoms with Crippen LogP contribution in [0.2, 0.25) is 0 Å². The van der Waals surface area contributed by atoms with Crippen LogP contribution in [0.5, 0.6) is 11.5 Å². The fraction of sp³-hybridized carbons (Fsp3) is 0.0909. The van der Waals surface area contributed by atoms with Crippen LogP contribution in [-0.2, 0) is 6.61 Å². The Hall–Kier alpha value is -2.64. The number of benzene rings is 3. The molecule has 0 unspecified atom stereocenters. The fourth-order valence-electron chi connectivity index (χ4n) is 2.52. The Kier molecular flexibility index (Phi) is 7.43. The van der Waals surface area contributed by atoms with Gasteiger partial charge in [0.15, 0.2) is 11.5 Å². The van der Waals surface area contributed by atoms with E-state index in [0.717, 1.165) is 20.1 Å². The van der Waals surface area contributed by atoms with Gasteiger partial charge in [0.2, 0.25) is 0 Å². The molecule has 0 heterocycles. The van der Waals surface area contributed by atoms with Crippen LogP contribution in [0.4, 0.5) is 0 Å². The summed E-state index contributed by atoms with van der Waals surface area (Å²) in [6, 6.07) is 20.5. The molecule has 0 aliphatic rings. The van der Waals surface area contributed by atoms with E-state index in [0.29, 0.717) is 23.7 Å². The predicted molar refractivity (Wildman–Crippen MR) is 121 cm³/mol. The molecule has 5 nitrogen and oxygen atoms in total. The number of methoxy groups -OCH3 is 1. The van der Waals surface area contributed by atoms with Crippen molar-refractivity contribution in [2.45, 2.75) is 6.61 Å². The van der Waals surface area contributed by atoms with E-state index in [1.165, 1.54) is 7.11 Å². The summed E-state index contributed by atoms with van der Waals surface area (Å²) >= 11 is 6.88. The minimum absolute atomic E-state index is 0.342. The maximum absolute atomic E-state index is 12.4. The molecule has 1 amide bonds. The Labute approximate surface area is 186 Å². The molecule has 0 bridgehead atoms. The molecule has 3 rings (SSSR count). The van der Waals surface area contributed by atoms with Crippen LogP contribution in [0.1, 0.15) is 21.5 Å². The first-order valence-corrected chi connectivity index (χ1v) is 10.3. The van der Waals surface area contributed by atoms with E-state index in [9.17, 15) is 4.79 Å². The number of rotatable bonds is 7. The smallest absolute Gasteiger partial charge is 0.271 e. The molecular formula is C22H18Br2N2O3. The summed E-state index contributed by atoms with van der Waals surface area (Å²) in [6.07, 6.45) is 1.58. The third-order valence-corrected chi connectivity index (χ3v) is 5.20. The topological polar surface area (TPSA) is 59.9 Å². The zero-order chi connectivity index (χ0) is 20.6. The molecule has 0 fully saturated rings. The van der Waals surface area contributed by atoms with Crippen LogP contribution < -0.4 is 14.9 Å². The van der Waals surface area contributed by atoms with Crippen LogP contribution in [0.3, 0.4) is 0 Å². The van der Waals surface area contributed by atoms with E-state index in [-0.39, 0.29) is 5.91 Å². The molecule has 0 aliphatic carbocycles. The maximum Gasteiger partial charge on any atom is 0.271 e. The highest BCUT2D eigenvalue weighted by molar-refractivity contribution is 9.10. The van der Waals surface area contributed by atoms with Crippen LogP contribution in [0.15, 0.2) is 80.8 Å². The molecular weight excluding hydrogens is 500 g/mol. The second kappa shape index (κ2) is 10.2. The quantitative estimate of drug-likeness (QED) is 0.329. The Morgan fingerprint density at radius 1 is 1.03 bits per heavy atom. The lowest BCUT2D eigenvalue weighted by Gasteiger charge is -2.12. The molecule has 148 valence electrons. The highest BCUT2D eigenvalue weighted by Crippen LogP contribution is 2.29. The lowest BCUT2D eigenvalue weighted by Crippen LogP contribution is -2.17.